The molecule has 0 amide bonds. The minimum absolute atomic E-state index is 0.523. The smallest absolute Gasteiger partial charge is 0.303 e. The molecule has 2 fully saturated rings. The van der Waals surface area contributed by atoms with Crippen molar-refractivity contribution >= 4 is 41.8 Å². The molecule has 0 aromatic heterocycles. The van der Waals surface area contributed by atoms with Crippen LogP contribution in [-0.2, 0) is 80.9 Å². The fourth-order valence-electron chi connectivity index (χ4n) is 4.52. The summed E-state index contributed by atoms with van der Waals surface area (Å²) in [6.07, 6.45) is -15.6. The summed E-state index contributed by atoms with van der Waals surface area (Å²) in [4.78, 5) is 83.0. The zero-order valence-electron chi connectivity index (χ0n) is 25.1. The van der Waals surface area contributed by atoms with Gasteiger partial charge < -0.3 is 52.5 Å². The molecule has 0 bridgehead atoms. The summed E-state index contributed by atoms with van der Waals surface area (Å²) in [6, 6.07) is 0. The summed E-state index contributed by atoms with van der Waals surface area (Å²) in [5, 5.41) is 10.6. The largest absolute Gasteiger partial charge is 0.463 e. The molecule has 18 nitrogen and oxygen atoms in total. The molecular formula is C26H36O18. The van der Waals surface area contributed by atoms with Gasteiger partial charge in [-0.3, -0.25) is 33.6 Å². The molecule has 0 spiro atoms. The number of esters is 7. The van der Waals surface area contributed by atoms with E-state index in [2.05, 4.69) is 0 Å². The van der Waals surface area contributed by atoms with Crippen molar-refractivity contribution in [3.63, 3.8) is 0 Å². The third kappa shape index (κ3) is 10.7. The molecule has 44 heavy (non-hydrogen) atoms. The fraction of sp³-hybridized carbons (Fsp3) is 0.731. The van der Waals surface area contributed by atoms with Gasteiger partial charge in [0.2, 0.25) is 0 Å². The van der Waals surface area contributed by atoms with E-state index in [-0.39, 0.29) is 0 Å². The lowest BCUT2D eigenvalue weighted by Crippen LogP contribution is -2.64. The van der Waals surface area contributed by atoms with E-state index in [9.17, 15) is 38.7 Å². The van der Waals surface area contributed by atoms with Gasteiger partial charge in [-0.2, -0.15) is 0 Å². The number of aliphatic hydroxyl groups is 1. The van der Waals surface area contributed by atoms with Gasteiger partial charge in [0.05, 0.1) is 6.61 Å². The standard InChI is InChI=1S/C26H36O18/c1-10(27)35-8-18-20(38-12(3)29)22(40-14(5)31)24(42-16(7)33)26(44-18)36-9-17-19(37-11(2)28)21(39-13(4)30)23(25(34)43-17)41-15(6)32/h17-26,34H,8-9H2,1-7H3/t17-,18-,19-,20-,21+,22+,23+,24-,25+,26-/m1/s1. The number of ether oxygens (including phenoxy) is 10. The van der Waals surface area contributed by atoms with Crippen LogP contribution < -0.4 is 0 Å². The van der Waals surface area contributed by atoms with E-state index >= 15 is 0 Å². The van der Waals surface area contributed by atoms with E-state index in [0.717, 1.165) is 48.5 Å². The van der Waals surface area contributed by atoms with Crippen LogP contribution in [0.5, 0.6) is 0 Å². The summed E-state index contributed by atoms with van der Waals surface area (Å²) < 4.78 is 53.7. The van der Waals surface area contributed by atoms with Crippen molar-refractivity contribution in [2.45, 2.75) is 110 Å². The monoisotopic (exact) mass is 636 g/mol. The molecule has 0 aromatic carbocycles. The van der Waals surface area contributed by atoms with Gasteiger partial charge in [0, 0.05) is 48.5 Å². The minimum Gasteiger partial charge on any atom is -0.463 e. The van der Waals surface area contributed by atoms with Crippen molar-refractivity contribution in [3.8, 4) is 0 Å². The van der Waals surface area contributed by atoms with Crippen molar-refractivity contribution in [2.75, 3.05) is 13.2 Å². The van der Waals surface area contributed by atoms with E-state index in [1.165, 1.54) is 0 Å². The summed E-state index contributed by atoms with van der Waals surface area (Å²) >= 11 is 0. The Bertz CT molecular complexity index is 1090. The Morgan fingerprint density at radius 1 is 0.477 bits per heavy atom. The zero-order chi connectivity index (χ0) is 33.3. The second-order valence-electron chi connectivity index (χ2n) is 9.69. The third-order valence-corrected chi connectivity index (χ3v) is 5.89. The maximum atomic E-state index is 12.1. The number of aliphatic hydroxyl groups excluding tert-OH is 1. The average Bonchev–Trinajstić information content (AvgIpc) is 2.87. The van der Waals surface area contributed by atoms with Crippen molar-refractivity contribution in [1.82, 2.24) is 0 Å². The Morgan fingerprint density at radius 3 is 1.27 bits per heavy atom. The average molecular weight is 637 g/mol. The van der Waals surface area contributed by atoms with Gasteiger partial charge in [-0.15, -0.1) is 0 Å². The summed E-state index contributed by atoms with van der Waals surface area (Å²) in [5.74, 6) is -5.94. The van der Waals surface area contributed by atoms with E-state index in [0.29, 0.717) is 0 Å². The summed E-state index contributed by atoms with van der Waals surface area (Å²) in [7, 11) is 0. The highest BCUT2D eigenvalue weighted by atomic mass is 16.7. The third-order valence-electron chi connectivity index (χ3n) is 5.89. The van der Waals surface area contributed by atoms with Crippen LogP contribution in [0.4, 0.5) is 0 Å². The number of rotatable bonds is 11. The van der Waals surface area contributed by atoms with Crippen LogP contribution in [0.25, 0.3) is 0 Å². The Balaban J connectivity index is 2.48. The van der Waals surface area contributed by atoms with Gasteiger partial charge >= 0.3 is 41.8 Å². The van der Waals surface area contributed by atoms with Gasteiger partial charge in [-0.25, -0.2) is 0 Å². The lowest BCUT2D eigenvalue weighted by atomic mass is 9.97. The number of hydrogen-bond donors (Lipinski definition) is 1. The number of carbonyl (C=O) groups excluding carboxylic acids is 7. The quantitative estimate of drug-likeness (QED) is 0.203. The van der Waals surface area contributed by atoms with Crippen LogP contribution >= 0.6 is 0 Å². The number of carbonyl (C=O) groups is 7. The normalized spacial score (nSPS) is 31.5. The van der Waals surface area contributed by atoms with E-state index in [1.54, 1.807) is 0 Å². The van der Waals surface area contributed by atoms with Crippen LogP contribution in [0.2, 0.25) is 0 Å². The fourth-order valence-corrected chi connectivity index (χ4v) is 4.52. The predicted octanol–water partition coefficient (Wildman–Crippen LogP) is -1.40. The first kappa shape index (κ1) is 36.3. The molecule has 2 aliphatic heterocycles. The molecule has 0 aliphatic carbocycles. The van der Waals surface area contributed by atoms with Crippen LogP contribution in [0.15, 0.2) is 0 Å². The Labute approximate surface area is 251 Å². The molecule has 2 rings (SSSR count). The molecule has 2 saturated heterocycles. The minimum atomic E-state index is -1.90. The van der Waals surface area contributed by atoms with Crippen molar-refractivity contribution < 1.29 is 86.0 Å². The lowest BCUT2D eigenvalue weighted by molar-refractivity contribution is -0.330. The second kappa shape index (κ2) is 16.3. The van der Waals surface area contributed by atoms with Crippen LogP contribution in [0, 0.1) is 0 Å². The molecule has 1 N–H and O–H groups in total. The van der Waals surface area contributed by atoms with Gasteiger partial charge in [-0.1, -0.05) is 0 Å². The summed E-state index contributed by atoms with van der Waals surface area (Å²) in [6.45, 7) is 6.15. The van der Waals surface area contributed by atoms with Gasteiger partial charge in [0.15, 0.2) is 49.2 Å². The molecule has 0 radical (unpaired) electrons. The van der Waals surface area contributed by atoms with E-state index in [4.69, 9.17) is 47.4 Å². The van der Waals surface area contributed by atoms with Gasteiger partial charge in [-0.05, 0) is 0 Å². The van der Waals surface area contributed by atoms with Crippen molar-refractivity contribution in [1.29, 1.82) is 0 Å². The first-order valence-electron chi connectivity index (χ1n) is 13.3. The molecule has 0 unspecified atom stereocenters. The first-order valence-corrected chi connectivity index (χ1v) is 13.3. The highest BCUT2D eigenvalue weighted by Crippen LogP contribution is 2.32. The van der Waals surface area contributed by atoms with Crippen molar-refractivity contribution in [3.05, 3.63) is 0 Å². The SMILES string of the molecule is CC(=O)OC[C@H]1O[C@@H](OC[C@H]2O[C@H](O)[C@@H](OC(C)=O)[C@@H](OC(C)=O)[C@@H]2OC(C)=O)[C@H](OC(C)=O)[C@@H](OC(C)=O)[C@@H]1OC(C)=O. The molecule has 0 aromatic rings. The zero-order valence-corrected chi connectivity index (χ0v) is 25.1. The van der Waals surface area contributed by atoms with Crippen LogP contribution in [0.3, 0.4) is 0 Å². The number of hydrogen-bond acceptors (Lipinski definition) is 18. The summed E-state index contributed by atoms with van der Waals surface area (Å²) in [5.41, 5.74) is 0. The molecule has 10 atom stereocenters. The lowest BCUT2D eigenvalue weighted by Gasteiger charge is -2.45. The molecule has 2 heterocycles. The Kier molecular flexibility index (Phi) is 13.4. The highest BCUT2D eigenvalue weighted by Gasteiger charge is 2.55. The topological polar surface area (TPSA) is 232 Å². The van der Waals surface area contributed by atoms with Crippen LogP contribution in [0.1, 0.15) is 48.5 Å². The maximum absolute atomic E-state index is 12.1. The van der Waals surface area contributed by atoms with E-state index < -0.39 is 116 Å². The molecule has 248 valence electrons. The second-order valence-corrected chi connectivity index (χ2v) is 9.69. The van der Waals surface area contributed by atoms with Gasteiger partial charge in [0.25, 0.3) is 0 Å². The maximum Gasteiger partial charge on any atom is 0.303 e. The highest BCUT2D eigenvalue weighted by molar-refractivity contribution is 5.69. The Hall–Kier alpha value is -3.87. The molecule has 18 heteroatoms. The molecule has 2 aliphatic rings. The Morgan fingerprint density at radius 2 is 0.841 bits per heavy atom. The predicted molar refractivity (Wildman–Crippen MR) is 135 cm³/mol. The van der Waals surface area contributed by atoms with E-state index in [1.807, 2.05) is 0 Å². The van der Waals surface area contributed by atoms with Gasteiger partial charge in [0.1, 0.15) is 18.8 Å². The molecular weight excluding hydrogens is 600 g/mol. The van der Waals surface area contributed by atoms with Crippen molar-refractivity contribution in [2.24, 2.45) is 0 Å². The first-order chi connectivity index (χ1) is 20.5. The van der Waals surface area contributed by atoms with Crippen LogP contribution in [-0.4, -0.2) is 122 Å². The molecule has 0 saturated carbocycles.